The second-order valence-corrected chi connectivity index (χ2v) is 4.89. The van der Waals surface area contributed by atoms with E-state index < -0.39 is 0 Å². The third-order valence-electron chi connectivity index (χ3n) is 3.41. The van der Waals surface area contributed by atoms with Crippen molar-refractivity contribution >= 4 is 0 Å². The van der Waals surface area contributed by atoms with Crippen LogP contribution in [0.2, 0.25) is 0 Å². The molecule has 16 heavy (non-hydrogen) atoms. The van der Waals surface area contributed by atoms with Gasteiger partial charge in [-0.25, -0.2) is 4.39 Å². The fourth-order valence-corrected chi connectivity index (χ4v) is 2.24. The van der Waals surface area contributed by atoms with Crippen LogP contribution in [0.5, 0.6) is 5.75 Å². The fraction of sp³-hybridized carbons (Fsp3) is 0.571. The van der Waals surface area contributed by atoms with Gasteiger partial charge in [0.05, 0.1) is 6.10 Å². The normalized spacial score (nSPS) is 25.4. The Morgan fingerprint density at radius 1 is 1.19 bits per heavy atom. The smallest absolute Gasteiger partial charge is 0.167 e. The molecule has 0 amide bonds. The molecule has 1 aliphatic carbocycles. The molecule has 0 radical (unpaired) electrons. The first-order chi connectivity index (χ1) is 7.66. The van der Waals surface area contributed by atoms with Crippen LogP contribution in [0.25, 0.3) is 0 Å². The van der Waals surface area contributed by atoms with Crippen molar-refractivity contribution in [2.45, 2.75) is 45.6 Å². The Hall–Kier alpha value is -1.05. The van der Waals surface area contributed by atoms with E-state index in [4.69, 9.17) is 4.74 Å². The van der Waals surface area contributed by atoms with Gasteiger partial charge in [-0.05, 0) is 50.2 Å². The largest absolute Gasteiger partial charge is 0.487 e. The number of hydrogen-bond donors (Lipinski definition) is 0. The Morgan fingerprint density at radius 3 is 2.56 bits per heavy atom. The topological polar surface area (TPSA) is 9.23 Å². The first kappa shape index (κ1) is 11.4. The van der Waals surface area contributed by atoms with Gasteiger partial charge in [0, 0.05) is 0 Å². The van der Waals surface area contributed by atoms with Crippen LogP contribution in [-0.2, 0) is 0 Å². The van der Waals surface area contributed by atoms with Crippen molar-refractivity contribution in [3.8, 4) is 5.75 Å². The second kappa shape index (κ2) is 4.86. The first-order valence-corrected chi connectivity index (χ1v) is 6.08. The number of ether oxygens (including phenoxy) is 1. The van der Waals surface area contributed by atoms with Gasteiger partial charge in [0.2, 0.25) is 0 Å². The average molecular weight is 222 g/mol. The summed E-state index contributed by atoms with van der Waals surface area (Å²) >= 11 is 0. The Morgan fingerprint density at radius 2 is 1.88 bits per heavy atom. The third-order valence-corrected chi connectivity index (χ3v) is 3.41. The van der Waals surface area contributed by atoms with Crippen LogP contribution in [0.1, 0.15) is 38.2 Å². The zero-order chi connectivity index (χ0) is 11.5. The Bertz CT molecular complexity index is 354. The number of benzene rings is 1. The van der Waals surface area contributed by atoms with Crippen LogP contribution in [0.15, 0.2) is 18.2 Å². The number of halogens is 1. The van der Waals surface area contributed by atoms with E-state index in [9.17, 15) is 4.39 Å². The van der Waals surface area contributed by atoms with Gasteiger partial charge in [-0.15, -0.1) is 0 Å². The van der Waals surface area contributed by atoms with Crippen molar-refractivity contribution in [1.29, 1.82) is 0 Å². The highest BCUT2D eigenvalue weighted by Crippen LogP contribution is 2.28. The summed E-state index contributed by atoms with van der Waals surface area (Å²) < 4.78 is 19.4. The summed E-state index contributed by atoms with van der Waals surface area (Å²) in [5, 5.41) is 0. The highest BCUT2D eigenvalue weighted by molar-refractivity contribution is 5.30. The van der Waals surface area contributed by atoms with Crippen LogP contribution in [0.4, 0.5) is 4.39 Å². The molecule has 0 heterocycles. The van der Waals surface area contributed by atoms with E-state index in [0.717, 1.165) is 18.8 Å². The average Bonchev–Trinajstić information content (AvgIpc) is 2.28. The lowest BCUT2D eigenvalue weighted by Gasteiger charge is -2.27. The van der Waals surface area contributed by atoms with Crippen molar-refractivity contribution in [2.75, 3.05) is 0 Å². The molecule has 2 rings (SSSR count). The predicted molar refractivity (Wildman–Crippen MR) is 63.2 cm³/mol. The van der Waals surface area contributed by atoms with E-state index in [0.29, 0.717) is 11.3 Å². The van der Waals surface area contributed by atoms with Crippen molar-refractivity contribution in [3.05, 3.63) is 29.6 Å². The molecule has 0 bridgehead atoms. The molecule has 0 spiro atoms. The SMILES string of the molecule is Cc1cccc(OC2CCC(C)CC2)c1F. The monoisotopic (exact) mass is 222 g/mol. The summed E-state index contributed by atoms with van der Waals surface area (Å²) in [4.78, 5) is 0. The molecule has 1 aliphatic rings. The number of hydrogen-bond acceptors (Lipinski definition) is 1. The lowest BCUT2D eigenvalue weighted by molar-refractivity contribution is 0.130. The molecule has 1 aromatic carbocycles. The lowest BCUT2D eigenvalue weighted by atomic mass is 9.89. The van der Waals surface area contributed by atoms with Gasteiger partial charge in [0.25, 0.3) is 0 Å². The molecule has 1 fully saturated rings. The first-order valence-electron chi connectivity index (χ1n) is 6.08. The number of aryl methyl sites for hydroxylation is 1. The molecule has 1 nitrogen and oxygen atoms in total. The molecule has 0 N–H and O–H groups in total. The van der Waals surface area contributed by atoms with Crippen LogP contribution in [0.3, 0.4) is 0 Å². The summed E-state index contributed by atoms with van der Waals surface area (Å²) in [6.45, 7) is 4.04. The van der Waals surface area contributed by atoms with Gasteiger partial charge < -0.3 is 4.74 Å². The standard InChI is InChI=1S/C14H19FO/c1-10-6-8-12(9-7-10)16-13-5-3-4-11(2)14(13)15/h3-5,10,12H,6-9H2,1-2H3. The molecular formula is C14H19FO. The minimum absolute atomic E-state index is 0.201. The van der Waals surface area contributed by atoms with Crippen molar-refractivity contribution < 1.29 is 9.13 Å². The van der Waals surface area contributed by atoms with E-state index in [1.165, 1.54) is 12.8 Å². The zero-order valence-corrected chi connectivity index (χ0v) is 10.0. The molecule has 0 atom stereocenters. The molecule has 0 aromatic heterocycles. The van der Waals surface area contributed by atoms with Crippen LogP contribution in [-0.4, -0.2) is 6.10 Å². The highest BCUT2D eigenvalue weighted by Gasteiger charge is 2.20. The van der Waals surface area contributed by atoms with Gasteiger partial charge >= 0.3 is 0 Å². The molecule has 2 heteroatoms. The van der Waals surface area contributed by atoms with Crippen molar-refractivity contribution in [1.82, 2.24) is 0 Å². The maximum atomic E-state index is 13.7. The van der Waals surface area contributed by atoms with E-state index in [1.54, 1.807) is 19.1 Å². The van der Waals surface area contributed by atoms with Gasteiger partial charge in [-0.3, -0.25) is 0 Å². The summed E-state index contributed by atoms with van der Waals surface area (Å²) in [5.74, 6) is 1.00. The lowest BCUT2D eigenvalue weighted by Crippen LogP contribution is -2.23. The fourth-order valence-electron chi connectivity index (χ4n) is 2.24. The molecule has 0 aliphatic heterocycles. The van der Waals surface area contributed by atoms with E-state index in [2.05, 4.69) is 6.92 Å². The van der Waals surface area contributed by atoms with Crippen LogP contribution in [0, 0.1) is 18.7 Å². The Kier molecular flexibility index (Phi) is 3.47. The molecule has 1 aromatic rings. The van der Waals surface area contributed by atoms with Gasteiger partial charge in [0.1, 0.15) is 0 Å². The van der Waals surface area contributed by atoms with Gasteiger partial charge in [-0.2, -0.15) is 0 Å². The molecule has 88 valence electrons. The summed E-state index contributed by atoms with van der Waals surface area (Å²) in [6.07, 6.45) is 4.69. The van der Waals surface area contributed by atoms with Gasteiger partial charge in [0.15, 0.2) is 11.6 Å². The minimum atomic E-state index is -0.207. The van der Waals surface area contributed by atoms with E-state index in [-0.39, 0.29) is 11.9 Å². The van der Waals surface area contributed by atoms with E-state index >= 15 is 0 Å². The van der Waals surface area contributed by atoms with Gasteiger partial charge in [-0.1, -0.05) is 19.1 Å². The maximum Gasteiger partial charge on any atom is 0.167 e. The number of rotatable bonds is 2. The third kappa shape index (κ3) is 2.55. The minimum Gasteiger partial charge on any atom is -0.487 e. The molecule has 0 saturated heterocycles. The summed E-state index contributed by atoms with van der Waals surface area (Å²) in [7, 11) is 0. The Labute approximate surface area is 96.6 Å². The quantitative estimate of drug-likeness (QED) is 0.732. The van der Waals surface area contributed by atoms with Crippen LogP contribution < -0.4 is 4.74 Å². The van der Waals surface area contributed by atoms with Crippen LogP contribution >= 0.6 is 0 Å². The zero-order valence-electron chi connectivity index (χ0n) is 10.0. The van der Waals surface area contributed by atoms with E-state index in [1.807, 2.05) is 6.07 Å². The van der Waals surface area contributed by atoms with Crippen molar-refractivity contribution in [2.24, 2.45) is 5.92 Å². The molecular weight excluding hydrogens is 203 g/mol. The highest BCUT2D eigenvalue weighted by atomic mass is 19.1. The molecule has 0 unspecified atom stereocenters. The molecule has 1 saturated carbocycles. The maximum absolute atomic E-state index is 13.7. The van der Waals surface area contributed by atoms with Crippen molar-refractivity contribution in [3.63, 3.8) is 0 Å². The summed E-state index contributed by atoms with van der Waals surface area (Å²) in [6, 6.07) is 5.34. The Balaban J connectivity index is 2.01. The summed E-state index contributed by atoms with van der Waals surface area (Å²) in [5.41, 5.74) is 0.654. The predicted octanol–water partition coefficient (Wildman–Crippen LogP) is 4.09. The second-order valence-electron chi connectivity index (χ2n) is 4.89.